The minimum absolute atomic E-state index is 0.0111. The van der Waals surface area contributed by atoms with E-state index in [4.69, 9.17) is 0 Å². The second-order valence-corrected chi connectivity index (χ2v) is 6.82. The maximum atomic E-state index is 12.0. The van der Waals surface area contributed by atoms with E-state index in [-0.39, 0.29) is 5.91 Å². The van der Waals surface area contributed by atoms with Gasteiger partial charge in [-0.3, -0.25) is 4.79 Å². The Balaban J connectivity index is 1.45. The Morgan fingerprint density at radius 3 is 2.74 bits per heavy atom. The molecule has 1 aromatic carbocycles. The molecule has 0 saturated heterocycles. The number of thioether (sulfide) groups is 1. The van der Waals surface area contributed by atoms with Gasteiger partial charge in [-0.25, -0.2) is 0 Å². The van der Waals surface area contributed by atoms with Gasteiger partial charge in [0.05, 0.1) is 5.75 Å². The molecule has 23 heavy (non-hydrogen) atoms. The van der Waals surface area contributed by atoms with Gasteiger partial charge in [-0.2, -0.15) is 0 Å². The van der Waals surface area contributed by atoms with E-state index >= 15 is 0 Å². The largest absolute Gasteiger partial charge is 0.378 e. The van der Waals surface area contributed by atoms with Crippen LogP contribution >= 0.6 is 11.8 Å². The second-order valence-electron chi connectivity index (χ2n) is 5.88. The van der Waals surface area contributed by atoms with Crippen molar-refractivity contribution in [2.75, 3.05) is 24.7 Å². The first-order valence-corrected chi connectivity index (χ1v) is 8.67. The number of hydrogen-bond donors (Lipinski definition) is 1. The van der Waals surface area contributed by atoms with Gasteiger partial charge >= 0.3 is 0 Å². The Morgan fingerprint density at radius 2 is 2.09 bits per heavy atom. The molecule has 1 fully saturated rings. The number of nitrogens with zero attached hydrogens (tertiary/aromatic N) is 4. The first-order chi connectivity index (χ1) is 11.1. The lowest BCUT2D eigenvalue weighted by atomic mass is 10.2. The van der Waals surface area contributed by atoms with Crippen LogP contribution < -0.4 is 10.2 Å². The van der Waals surface area contributed by atoms with Gasteiger partial charge in [-0.1, -0.05) is 23.9 Å². The molecule has 0 aliphatic heterocycles. The highest BCUT2D eigenvalue weighted by Crippen LogP contribution is 2.37. The van der Waals surface area contributed by atoms with Crippen LogP contribution in [0.25, 0.3) is 0 Å². The summed E-state index contributed by atoms with van der Waals surface area (Å²) in [4.78, 5) is 14.0. The highest BCUT2D eigenvalue weighted by Gasteiger charge is 2.26. The molecule has 1 aliphatic carbocycles. The third-order valence-electron chi connectivity index (χ3n) is 3.76. The third-order valence-corrected chi connectivity index (χ3v) is 4.71. The van der Waals surface area contributed by atoms with E-state index in [1.54, 1.807) is 6.33 Å². The van der Waals surface area contributed by atoms with Crippen molar-refractivity contribution in [3.05, 3.63) is 36.2 Å². The summed E-state index contributed by atoms with van der Waals surface area (Å²) in [7, 11) is 4.02. The van der Waals surface area contributed by atoms with Gasteiger partial charge < -0.3 is 14.8 Å². The van der Waals surface area contributed by atoms with Crippen molar-refractivity contribution < 1.29 is 4.79 Å². The Labute approximate surface area is 140 Å². The van der Waals surface area contributed by atoms with Crippen LogP contribution in [0.15, 0.2) is 35.7 Å². The highest BCUT2D eigenvalue weighted by molar-refractivity contribution is 7.99. The summed E-state index contributed by atoms with van der Waals surface area (Å²) in [6.07, 6.45) is 4.12. The lowest BCUT2D eigenvalue weighted by molar-refractivity contribution is -0.118. The Morgan fingerprint density at radius 1 is 1.35 bits per heavy atom. The van der Waals surface area contributed by atoms with Crippen LogP contribution in [0.5, 0.6) is 0 Å². The fourth-order valence-corrected chi connectivity index (χ4v) is 3.04. The summed E-state index contributed by atoms with van der Waals surface area (Å²) in [5, 5.41) is 11.8. The molecule has 0 radical (unpaired) electrons. The van der Waals surface area contributed by atoms with E-state index in [2.05, 4.69) is 25.0 Å². The number of hydrogen-bond acceptors (Lipinski definition) is 5. The zero-order valence-electron chi connectivity index (χ0n) is 13.4. The topological polar surface area (TPSA) is 63.1 Å². The number of nitrogens with one attached hydrogen (secondary N) is 1. The maximum Gasteiger partial charge on any atom is 0.230 e. The van der Waals surface area contributed by atoms with Gasteiger partial charge in [0.2, 0.25) is 5.91 Å². The van der Waals surface area contributed by atoms with Crippen molar-refractivity contribution in [1.29, 1.82) is 0 Å². The van der Waals surface area contributed by atoms with Crippen LogP contribution in [0.3, 0.4) is 0 Å². The molecule has 1 aromatic heterocycles. The molecule has 1 aliphatic rings. The van der Waals surface area contributed by atoms with Gasteiger partial charge in [0.25, 0.3) is 0 Å². The molecular formula is C16H21N5OS. The van der Waals surface area contributed by atoms with Crippen LogP contribution in [-0.4, -0.2) is 40.5 Å². The molecule has 3 rings (SSSR count). The van der Waals surface area contributed by atoms with Crippen LogP contribution in [0.2, 0.25) is 0 Å². The van der Waals surface area contributed by atoms with Crippen molar-refractivity contribution in [3.63, 3.8) is 0 Å². The standard InChI is InChI=1S/C16H21N5OS/c1-20(2)13-5-3-12(4-6-13)9-17-15(22)10-23-16-19-18-11-21(16)14-7-8-14/h3-6,11,14H,7-10H2,1-2H3,(H,17,22). The van der Waals surface area contributed by atoms with Gasteiger partial charge in [-0.15, -0.1) is 10.2 Å². The zero-order valence-corrected chi connectivity index (χ0v) is 14.2. The van der Waals surface area contributed by atoms with E-state index in [9.17, 15) is 4.79 Å². The quantitative estimate of drug-likeness (QED) is 0.787. The first kappa shape index (κ1) is 15.9. The molecule has 0 unspecified atom stereocenters. The van der Waals surface area contributed by atoms with Crippen molar-refractivity contribution >= 4 is 23.4 Å². The summed E-state index contributed by atoms with van der Waals surface area (Å²) < 4.78 is 2.07. The summed E-state index contributed by atoms with van der Waals surface area (Å²) >= 11 is 1.44. The summed E-state index contributed by atoms with van der Waals surface area (Å²) in [6.45, 7) is 0.544. The lowest BCUT2D eigenvalue weighted by Crippen LogP contribution is -2.24. The Hall–Kier alpha value is -2.02. The summed E-state index contributed by atoms with van der Waals surface area (Å²) in [6, 6.07) is 8.70. The number of benzene rings is 1. The normalized spacial score (nSPS) is 13.8. The highest BCUT2D eigenvalue weighted by atomic mass is 32.2. The molecule has 0 atom stereocenters. The minimum Gasteiger partial charge on any atom is -0.378 e. The average molecular weight is 331 g/mol. The molecule has 122 valence electrons. The van der Waals surface area contributed by atoms with Gasteiger partial charge in [-0.05, 0) is 30.5 Å². The Kier molecular flexibility index (Phi) is 4.85. The van der Waals surface area contributed by atoms with Gasteiger partial charge in [0, 0.05) is 32.4 Å². The minimum atomic E-state index is 0.0111. The average Bonchev–Trinajstić information content (AvgIpc) is 3.29. The van der Waals surface area contributed by atoms with E-state index in [0.29, 0.717) is 18.3 Å². The molecule has 2 aromatic rings. The third kappa shape index (κ3) is 4.25. The van der Waals surface area contributed by atoms with E-state index in [1.165, 1.54) is 24.6 Å². The van der Waals surface area contributed by atoms with Crippen LogP contribution in [0, 0.1) is 0 Å². The summed E-state index contributed by atoms with van der Waals surface area (Å²) in [5.74, 6) is 0.373. The van der Waals surface area contributed by atoms with Crippen molar-refractivity contribution in [2.45, 2.75) is 30.6 Å². The molecule has 1 heterocycles. The number of rotatable bonds is 7. The molecule has 0 spiro atoms. The van der Waals surface area contributed by atoms with Crippen LogP contribution in [0.1, 0.15) is 24.4 Å². The lowest BCUT2D eigenvalue weighted by Gasteiger charge is -2.13. The molecule has 7 heteroatoms. The van der Waals surface area contributed by atoms with E-state index in [1.807, 2.05) is 38.4 Å². The smallest absolute Gasteiger partial charge is 0.230 e. The fourth-order valence-electron chi connectivity index (χ4n) is 2.23. The van der Waals surface area contributed by atoms with Crippen LogP contribution in [0.4, 0.5) is 5.69 Å². The first-order valence-electron chi connectivity index (χ1n) is 7.69. The SMILES string of the molecule is CN(C)c1ccc(CNC(=O)CSc2nncn2C2CC2)cc1. The van der Waals surface area contributed by atoms with Crippen molar-refractivity contribution in [3.8, 4) is 0 Å². The number of anilines is 1. The van der Waals surface area contributed by atoms with E-state index in [0.717, 1.165) is 16.4 Å². The number of aromatic nitrogens is 3. The maximum absolute atomic E-state index is 12.0. The van der Waals surface area contributed by atoms with Crippen molar-refractivity contribution in [1.82, 2.24) is 20.1 Å². The van der Waals surface area contributed by atoms with Crippen molar-refractivity contribution in [2.24, 2.45) is 0 Å². The Bertz CT molecular complexity index is 663. The molecular weight excluding hydrogens is 310 g/mol. The zero-order chi connectivity index (χ0) is 16.2. The molecule has 1 N–H and O–H groups in total. The summed E-state index contributed by atoms with van der Waals surface area (Å²) in [5.41, 5.74) is 2.24. The molecule has 6 nitrogen and oxygen atoms in total. The fraction of sp³-hybridized carbons (Fsp3) is 0.438. The molecule has 1 amide bonds. The molecule has 1 saturated carbocycles. The number of carbonyl (C=O) groups is 1. The monoisotopic (exact) mass is 331 g/mol. The number of carbonyl (C=O) groups excluding carboxylic acids is 1. The molecule has 0 bridgehead atoms. The van der Waals surface area contributed by atoms with E-state index < -0.39 is 0 Å². The number of amides is 1. The van der Waals surface area contributed by atoms with Gasteiger partial charge in [0.1, 0.15) is 6.33 Å². The predicted molar refractivity (Wildman–Crippen MR) is 91.6 cm³/mol. The van der Waals surface area contributed by atoms with Gasteiger partial charge in [0.15, 0.2) is 5.16 Å². The predicted octanol–water partition coefficient (Wildman–Crippen LogP) is 2.09. The van der Waals surface area contributed by atoms with Crippen LogP contribution in [-0.2, 0) is 11.3 Å². The second kappa shape index (κ2) is 7.04.